The van der Waals surface area contributed by atoms with Crippen LogP contribution in [0.25, 0.3) is 0 Å². The van der Waals surface area contributed by atoms with Gasteiger partial charge in [0, 0.05) is 0 Å². The van der Waals surface area contributed by atoms with Gasteiger partial charge in [-0.15, -0.1) is 0 Å². The van der Waals surface area contributed by atoms with E-state index in [4.69, 9.17) is 11.6 Å². The van der Waals surface area contributed by atoms with Crippen LogP contribution in [0.15, 0.2) is 47.4 Å². The van der Waals surface area contributed by atoms with Crippen molar-refractivity contribution >= 4 is 27.3 Å². The minimum atomic E-state index is -3.77. The summed E-state index contributed by atoms with van der Waals surface area (Å²) in [5.74, 6) is -0.675. The fourth-order valence-corrected chi connectivity index (χ4v) is 2.80. The lowest BCUT2D eigenvalue weighted by Crippen LogP contribution is -2.13. The summed E-state index contributed by atoms with van der Waals surface area (Å²) >= 11 is 5.71. The van der Waals surface area contributed by atoms with Crippen molar-refractivity contribution in [2.75, 3.05) is 4.72 Å². The Morgan fingerprint density at radius 3 is 2.37 bits per heavy atom. The maximum atomic E-state index is 13.2. The van der Waals surface area contributed by atoms with Gasteiger partial charge in [-0.2, -0.15) is 0 Å². The Kier molecular flexibility index (Phi) is 3.78. The summed E-state index contributed by atoms with van der Waals surface area (Å²) < 4.78 is 39.7. The van der Waals surface area contributed by atoms with Crippen molar-refractivity contribution < 1.29 is 12.8 Å². The van der Waals surface area contributed by atoms with Crippen molar-refractivity contribution in [1.82, 2.24) is 0 Å². The maximum absolute atomic E-state index is 13.2. The molecule has 0 aliphatic heterocycles. The monoisotopic (exact) mass is 299 g/mol. The molecule has 1 N–H and O–H groups in total. The largest absolute Gasteiger partial charge is 0.278 e. The molecule has 19 heavy (non-hydrogen) atoms. The average molecular weight is 300 g/mol. The van der Waals surface area contributed by atoms with Gasteiger partial charge in [-0.05, 0) is 31.2 Å². The molecule has 0 saturated carbocycles. The second-order valence-electron chi connectivity index (χ2n) is 4.02. The molecule has 0 aromatic heterocycles. The number of sulfonamides is 1. The van der Waals surface area contributed by atoms with Crippen LogP contribution in [-0.2, 0) is 10.0 Å². The third-order valence-electron chi connectivity index (χ3n) is 2.53. The molecule has 2 aromatic rings. The van der Waals surface area contributed by atoms with Crippen molar-refractivity contribution in [3.63, 3.8) is 0 Å². The molecule has 100 valence electrons. The summed E-state index contributed by atoms with van der Waals surface area (Å²) in [4.78, 5) is 0.0958. The van der Waals surface area contributed by atoms with Crippen molar-refractivity contribution in [1.29, 1.82) is 0 Å². The lowest BCUT2D eigenvalue weighted by Gasteiger charge is -2.10. The highest BCUT2D eigenvalue weighted by Gasteiger charge is 2.16. The molecule has 0 radical (unpaired) electrons. The molecule has 0 amide bonds. The summed E-state index contributed by atoms with van der Waals surface area (Å²) in [6.45, 7) is 1.85. The molecule has 0 atom stereocenters. The van der Waals surface area contributed by atoms with E-state index >= 15 is 0 Å². The standard InChI is InChI=1S/C13H11ClFNO2S/c1-9-5-7-10(8-6-9)19(17,18)16-12-4-2-3-11(15)13(12)14/h2-8,16H,1H3. The van der Waals surface area contributed by atoms with E-state index in [0.717, 1.165) is 11.6 Å². The van der Waals surface area contributed by atoms with Gasteiger partial charge in [0.15, 0.2) is 0 Å². The maximum Gasteiger partial charge on any atom is 0.261 e. The Bertz CT molecular complexity index is 699. The fourth-order valence-electron chi connectivity index (χ4n) is 1.50. The predicted molar refractivity (Wildman–Crippen MR) is 73.4 cm³/mol. The molecule has 0 saturated heterocycles. The SMILES string of the molecule is Cc1ccc(S(=O)(=O)Nc2cccc(F)c2Cl)cc1. The normalized spacial score (nSPS) is 11.3. The van der Waals surface area contributed by atoms with Crippen LogP contribution in [0.1, 0.15) is 5.56 Å². The summed E-state index contributed by atoms with van der Waals surface area (Å²) in [6, 6.07) is 10.3. The number of aryl methyl sites for hydroxylation is 1. The number of hydrogen-bond acceptors (Lipinski definition) is 2. The second kappa shape index (κ2) is 5.19. The smallest absolute Gasteiger partial charge is 0.261 e. The Morgan fingerprint density at radius 1 is 1.11 bits per heavy atom. The van der Waals surface area contributed by atoms with Gasteiger partial charge in [0.05, 0.1) is 10.6 Å². The number of anilines is 1. The van der Waals surface area contributed by atoms with Crippen LogP contribution in [0.2, 0.25) is 5.02 Å². The van der Waals surface area contributed by atoms with E-state index in [1.54, 1.807) is 12.1 Å². The molecule has 2 aromatic carbocycles. The molecule has 3 nitrogen and oxygen atoms in total. The van der Waals surface area contributed by atoms with Gasteiger partial charge >= 0.3 is 0 Å². The van der Waals surface area contributed by atoms with Gasteiger partial charge < -0.3 is 0 Å². The zero-order valence-corrected chi connectivity index (χ0v) is 11.6. The lowest BCUT2D eigenvalue weighted by molar-refractivity contribution is 0.601. The van der Waals surface area contributed by atoms with Crippen LogP contribution in [0, 0.1) is 12.7 Å². The van der Waals surface area contributed by atoms with Crippen LogP contribution < -0.4 is 4.72 Å². The molecular formula is C13H11ClFNO2S. The second-order valence-corrected chi connectivity index (χ2v) is 6.08. The molecule has 0 bridgehead atoms. The molecule has 0 fully saturated rings. The number of hydrogen-bond donors (Lipinski definition) is 1. The van der Waals surface area contributed by atoms with E-state index in [2.05, 4.69) is 4.72 Å². The Labute approximate surface area is 116 Å². The highest BCUT2D eigenvalue weighted by atomic mass is 35.5. The zero-order chi connectivity index (χ0) is 14.0. The van der Waals surface area contributed by atoms with Gasteiger partial charge in [0.2, 0.25) is 0 Å². The van der Waals surface area contributed by atoms with Crippen molar-refractivity contribution in [3.05, 3.63) is 58.9 Å². The molecule has 6 heteroatoms. The van der Waals surface area contributed by atoms with E-state index < -0.39 is 15.8 Å². The summed E-state index contributed by atoms with van der Waals surface area (Å²) in [5, 5.41) is -0.252. The van der Waals surface area contributed by atoms with Gasteiger partial charge in [0.25, 0.3) is 10.0 Å². The van der Waals surface area contributed by atoms with Crippen LogP contribution in [-0.4, -0.2) is 8.42 Å². The van der Waals surface area contributed by atoms with Crippen LogP contribution in [0.5, 0.6) is 0 Å². The summed E-state index contributed by atoms with van der Waals surface area (Å²) in [7, 11) is -3.77. The van der Waals surface area contributed by atoms with Crippen LogP contribution >= 0.6 is 11.6 Å². The Balaban J connectivity index is 2.36. The first kappa shape index (κ1) is 13.8. The number of nitrogens with one attached hydrogen (secondary N) is 1. The molecule has 0 aliphatic carbocycles. The third-order valence-corrected chi connectivity index (χ3v) is 4.29. The minimum absolute atomic E-state index is 0.0160. The molecular weight excluding hydrogens is 289 g/mol. The summed E-state index contributed by atoms with van der Waals surface area (Å²) in [6.07, 6.45) is 0. The quantitative estimate of drug-likeness (QED) is 0.941. The first-order valence-corrected chi connectivity index (χ1v) is 7.30. The van der Waals surface area contributed by atoms with Gasteiger partial charge in [0.1, 0.15) is 10.8 Å². The number of benzene rings is 2. The Hall–Kier alpha value is -1.59. The van der Waals surface area contributed by atoms with Crippen LogP contribution in [0.4, 0.5) is 10.1 Å². The first-order chi connectivity index (χ1) is 8.90. The highest BCUT2D eigenvalue weighted by Crippen LogP contribution is 2.26. The molecule has 2 rings (SSSR count). The average Bonchev–Trinajstić information content (AvgIpc) is 2.35. The third kappa shape index (κ3) is 3.05. The van der Waals surface area contributed by atoms with Gasteiger partial charge in [-0.3, -0.25) is 4.72 Å². The molecule has 0 heterocycles. The van der Waals surface area contributed by atoms with Crippen molar-refractivity contribution in [2.45, 2.75) is 11.8 Å². The van der Waals surface area contributed by atoms with E-state index in [1.807, 2.05) is 6.92 Å². The lowest BCUT2D eigenvalue weighted by atomic mass is 10.2. The minimum Gasteiger partial charge on any atom is -0.278 e. The van der Waals surface area contributed by atoms with E-state index in [1.165, 1.54) is 24.3 Å². The number of halogens is 2. The van der Waals surface area contributed by atoms with Gasteiger partial charge in [-0.1, -0.05) is 35.4 Å². The highest BCUT2D eigenvalue weighted by molar-refractivity contribution is 7.92. The molecule has 0 spiro atoms. The van der Waals surface area contributed by atoms with Crippen molar-refractivity contribution in [3.8, 4) is 0 Å². The fraction of sp³-hybridized carbons (Fsp3) is 0.0769. The van der Waals surface area contributed by atoms with Gasteiger partial charge in [-0.25, -0.2) is 12.8 Å². The van der Waals surface area contributed by atoms with E-state index in [9.17, 15) is 12.8 Å². The topological polar surface area (TPSA) is 46.2 Å². The van der Waals surface area contributed by atoms with E-state index in [-0.39, 0.29) is 15.6 Å². The Morgan fingerprint density at radius 2 is 1.74 bits per heavy atom. The van der Waals surface area contributed by atoms with Crippen molar-refractivity contribution in [2.24, 2.45) is 0 Å². The predicted octanol–water partition coefficient (Wildman–Crippen LogP) is 3.59. The van der Waals surface area contributed by atoms with E-state index in [0.29, 0.717) is 0 Å². The zero-order valence-electron chi connectivity index (χ0n) is 10.0. The molecule has 0 aliphatic rings. The first-order valence-electron chi connectivity index (χ1n) is 5.43. The summed E-state index contributed by atoms with van der Waals surface area (Å²) in [5.41, 5.74) is 0.963. The molecule has 0 unspecified atom stereocenters. The van der Waals surface area contributed by atoms with Crippen LogP contribution in [0.3, 0.4) is 0 Å². The number of rotatable bonds is 3.